The zero-order valence-corrected chi connectivity index (χ0v) is 37.9. The number of allylic oxidation sites excluding steroid dienone is 5. The van der Waals surface area contributed by atoms with Gasteiger partial charge in [-0.15, -0.1) is 11.3 Å². The second-order valence-electron chi connectivity index (χ2n) is 16.4. The van der Waals surface area contributed by atoms with Crippen molar-refractivity contribution in [2.45, 2.75) is 33.1 Å². The third kappa shape index (κ3) is 7.21. The molecule has 0 saturated heterocycles. The summed E-state index contributed by atoms with van der Waals surface area (Å²) in [6, 6.07) is 19.3. The van der Waals surface area contributed by atoms with Gasteiger partial charge in [0.25, 0.3) is 0 Å². The van der Waals surface area contributed by atoms with Crippen molar-refractivity contribution >= 4 is 83.1 Å². The van der Waals surface area contributed by atoms with Gasteiger partial charge < -0.3 is 32.2 Å². The molecule has 0 amide bonds. The first-order chi connectivity index (χ1) is 25.3. The highest BCUT2D eigenvalue weighted by Crippen LogP contribution is 2.44. The van der Waals surface area contributed by atoms with Gasteiger partial charge in [-0.1, -0.05) is 32.3 Å². The van der Waals surface area contributed by atoms with Crippen LogP contribution < -0.4 is 42.7 Å². The van der Waals surface area contributed by atoms with Crippen molar-refractivity contribution in [1.82, 2.24) is 0 Å². The lowest BCUT2D eigenvalue weighted by atomic mass is 9.89. The van der Waals surface area contributed by atoms with Crippen molar-refractivity contribution in [3.63, 3.8) is 0 Å². The minimum Gasteiger partial charge on any atom is -1.00 e. The number of hydrogen-bond acceptors (Lipinski definition) is 6. The van der Waals surface area contributed by atoms with Crippen LogP contribution in [0.3, 0.4) is 0 Å². The molecule has 0 radical (unpaired) electrons. The quantitative estimate of drug-likeness (QED) is 0.246. The molecule has 1 N–H and O–H groups in total. The average Bonchev–Trinajstić information content (AvgIpc) is 3.51. The number of thiophene rings is 1. The van der Waals surface area contributed by atoms with Gasteiger partial charge in [-0.2, -0.15) is 0 Å². The summed E-state index contributed by atoms with van der Waals surface area (Å²) in [6.07, 6.45) is 6.74. The van der Waals surface area contributed by atoms with E-state index in [1.807, 2.05) is 64.8 Å². The van der Waals surface area contributed by atoms with Gasteiger partial charge in [0.15, 0.2) is 11.5 Å². The summed E-state index contributed by atoms with van der Waals surface area (Å²) in [5.41, 5.74) is 12.0. The molecular formula is C44H53ClN4O3SSi2. The van der Waals surface area contributed by atoms with Crippen molar-refractivity contribution < 1.29 is 31.7 Å². The molecule has 1 aliphatic carbocycles. The smallest absolute Gasteiger partial charge is 0.346 e. The van der Waals surface area contributed by atoms with Crippen LogP contribution >= 0.6 is 11.3 Å². The van der Waals surface area contributed by atoms with Crippen LogP contribution in [0.1, 0.15) is 42.3 Å². The molecule has 0 bridgehead atoms. The van der Waals surface area contributed by atoms with Crippen LogP contribution in [-0.2, 0) is 0 Å². The zero-order valence-electron chi connectivity index (χ0n) is 34.3. The summed E-state index contributed by atoms with van der Waals surface area (Å²) < 4.78 is 2.15. The van der Waals surface area contributed by atoms with E-state index in [1.54, 1.807) is 0 Å². The Morgan fingerprint density at radius 1 is 0.691 bits per heavy atom. The monoisotopic (exact) mass is 808 g/mol. The van der Waals surface area contributed by atoms with Gasteiger partial charge in [0.05, 0.1) is 0 Å². The van der Waals surface area contributed by atoms with Gasteiger partial charge in [-0.3, -0.25) is 4.79 Å². The summed E-state index contributed by atoms with van der Waals surface area (Å²) in [4.78, 5) is 31.5. The molecule has 0 fully saturated rings. The van der Waals surface area contributed by atoms with E-state index in [9.17, 15) is 14.7 Å². The Morgan fingerprint density at radius 2 is 1.15 bits per heavy atom. The number of carboxylic acid groups (broad SMARTS) is 1. The zero-order chi connectivity index (χ0) is 39.6. The average molecular weight is 810 g/mol. The molecule has 1 aromatic heterocycles. The van der Waals surface area contributed by atoms with E-state index >= 15 is 0 Å². The third-order valence-electron chi connectivity index (χ3n) is 11.3. The van der Waals surface area contributed by atoms with Gasteiger partial charge in [0, 0.05) is 82.6 Å². The lowest BCUT2D eigenvalue weighted by Crippen LogP contribution is -3.00. The SMILES string of the molecule is CN(C)c1ccc2c(c1)[Si](C)(C)c1cc(N(C)C)ccc1C2=O.Cc1c(C2=C3C=CC(=[N+](C)C)C=C3[Si](C)(C)c3cc(N(C)C)ccc32)csc1C(=O)O.[Cl-]. The maximum absolute atomic E-state index is 13.0. The molecule has 7 nitrogen and oxygen atoms in total. The standard InChI is InChI=1S/C25H28N2O2SSi.C19H24N2OSi.ClH/c1-15-20(14-30-24(15)25(28)29)23-18-10-8-16(26(2)3)12-21(18)31(6,7)22-13-17(27(4)5)9-11-19(22)23;1-20(2)13-7-9-15-17(11-13)23(5,6)18-12-14(21(3)4)8-10-16(18)19(15)22;/h8-14H,1-7H3;7-12H,1-6H3;1H. The molecule has 0 atom stereocenters. The van der Waals surface area contributed by atoms with E-state index in [4.69, 9.17) is 0 Å². The van der Waals surface area contributed by atoms with Crippen LogP contribution in [0.2, 0.25) is 26.2 Å². The molecule has 0 spiro atoms. The van der Waals surface area contributed by atoms with E-state index in [1.165, 1.54) is 54.6 Å². The number of fused-ring (bicyclic) bond motifs is 4. The summed E-state index contributed by atoms with van der Waals surface area (Å²) in [7, 11) is 12.6. The van der Waals surface area contributed by atoms with Crippen LogP contribution in [0.25, 0.3) is 5.57 Å². The highest BCUT2D eigenvalue weighted by molar-refractivity contribution is 7.12. The second-order valence-corrected chi connectivity index (χ2v) is 25.9. The summed E-state index contributed by atoms with van der Waals surface area (Å²) in [6.45, 7) is 11.5. The maximum Gasteiger partial charge on any atom is 0.346 e. The first-order valence-corrected chi connectivity index (χ1v) is 25.2. The van der Waals surface area contributed by atoms with E-state index in [0.717, 1.165) is 39.2 Å². The number of ketones is 1. The summed E-state index contributed by atoms with van der Waals surface area (Å²) >= 11 is 1.32. The van der Waals surface area contributed by atoms with Crippen molar-refractivity contribution in [2.75, 3.05) is 71.1 Å². The fourth-order valence-electron chi connectivity index (χ4n) is 7.89. The molecule has 2 aliphatic heterocycles. The molecule has 3 aliphatic rings. The van der Waals surface area contributed by atoms with E-state index in [2.05, 4.69) is 122 Å². The van der Waals surface area contributed by atoms with Crippen LogP contribution in [-0.4, -0.2) is 99.7 Å². The van der Waals surface area contributed by atoms with Gasteiger partial charge in [-0.25, -0.2) is 9.37 Å². The Bertz CT molecular complexity index is 2300. The normalized spacial score (nSPS) is 15.6. The molecule has 3 heterocycles. The van der Waals surface area contributed by atoms with Gasteiger partial charge >= 0.3 is 5.97 Å². The number of carboxylic acids is 1. The number of aromatic carboxylic acids is 1. The first kappa shape index (κ1) is 41.7. The number of rotatable bonds is 5. The molecule has 288 valence electrons. The largest absolute Gasteiger partial charge is 1.00 e. The number of benzene rings is 3. The lowest BCUT2D eigenvalue weighted by Gasteiger charge is -2.38. The van der Waals surface area contributed by atoms with Crippen molar-refractivity contribution in [3.05, 3.63) is 122 Å². The summed E-state index contributed by atoms with van der Waals surface area (Å²) in [5.74, 6) is -0.691. The van der Waals surface area contributed by atoms with Crippen molar-refractivity contribution in [2.24, 2.45) is 0 Å². The number of hydrogen-bond donors (Lipinski definition) is 1. The second kappa shape index (κ2) is 15.2. The minimum atomic E-state index is -1.98. The Morgan fingerprint density at radius 3 is 1.56 bits per heavy atom. The molecule has 55 heavy (non-hydrogen) atoms. The van der Waals surface area contributed by atoms with Gasteiger partial charge in [-0.05, 0) is 116 Å². The van der Waals surface area contributed by atoms with E-state index < -0.39 is 22.1 Å². The number of carbonyl (C=O) groups is 2. The topological polar surface area (TPSA) is 67.1 Å². The summed E-state index contributed by atoms with van der Waals surface area (Å²) in [5, 5.41) is 17.0. The maximum atomic E-state index is 13.0. The molecule has 0 unspecified atom stereocenters. The molecule has 0 saturated carbocycles. The molecule has 3 aromatic carbocycles. The number of nitrogens with zero attached hydrogens (tertiary/aromatic N) is 4. The molecule has 11 heteroatoms. The Labute approximate surface area is 339 Å². The molecule has 7 rings (SSSR count). The van der Waals surface area contributed by atoms with Crippen LogP contribution in [0, 0.1) is 6.92 Å². The van der Waals surface area contributed by atoms with Gasteiger partial charge in [0.2, 0.25) is 0 Å². The predicted octanol–water partition coefficient (Wildman–Crippen LogP) is 3.49. The highest BCUT2D eigenvalue weighted by atomic mass is 35.5. The van der Waals surface area contributed by atoms with E-state index in [0.29, 0.717) is 4.88 Å². The number of carbonyl (C=O) groups excluding carboxylic acids is 1. The fourth-order valence-corrected chi connectivity index (χ4v) is 14.9. The van der Waals surface area contributed by atoms with E-state index in [-0.39, 0.29) is 18.2 Å². The Hall–Kier alpha value is -4.49. The fraction of sp³-hybridized carbons (Fsp3) is 0.295. The Balaban J connectivity index is 0.000000216. The highest BCUT2D eigenvalue weighted by Gasteiger charge is 2.41. The van der Waals surface area contributed by atoms with Crippen molar-refractivity contribution in [1.29, 1.82) is 0 Å². The first-order valence-electron chi connectivity index (χ1n) is 18.3. The van der Waals surface area contributed by atoms with Crippen LogP contribution in [0.4, 0.5) is 17.1 Å². The van der Waals surface area contributed by atoms with Crippen LogP contribution in [0.5, 0.6) is 0 Å². The molecule has 4 aromatic rings. The minimum absolute atomic E-state index is 0. The van der Waals surface area contributed by atoms with Gasteiger partial charge in [0.1, 0.15) is 35.1 Å². The number of anilines is 3. The van der Waals surface area contributed by atoms with Crippen LogP contribution in [0.15, 0.2) is 89.0 Å². The Kier molecular flexibility index (Phi) is 11.5. The third-order valence-corrected chi connectivity index (χ3v) is 19.4. The van der Waals surface area contributed by atoms with Crippen molar-refractivity contribution in [3.8, 4) is 0 Å². The molecular weight excluding hydrogens is 756 g/mol. The lowest BCUT2D eigenvalue weighted by molar-refractivity contribution is -0.462. The number of halogens is 1. The predicted molar refractivity (Wildman–Crippen MR) is 236 cm³/mol.